The van der Waals surface area contributed by atoms with Gasteiger partial charge in [-0.3, -0.25) is 5.43 Å². The maximum atomic E-state index is 12.2. The van der Waals surface area contributed by atoms with E-state index in [1.807, 2.05) is 5.01 Å². The number of anilines is 1. The number of hydrogen-bond acceptors (Lipinski definition) is 4. The summed E-state index contributed by atoms with van der Waals surface area (Å²) in [5, 5.41) is 5.60. The largest absolute Gasteiger partial charge is 0.423 e. The fraction of sp³-hybridized carbons (Fsp3) is 0.412. The number of nitrogens with zero attached hydrogens (tertiary/aromatic N) is 1. The summed E-state index contributed by atoms with van der Waals surface area (Å²) in [6.07, 6.45) is 3.36. The van der Waals surface area contributed by atoms with E-state index in [0.29, 0.717) is 23.4 Å². The van der Waals surface area contributed by atoms with Crippen LogP contribution >= 0.6 is 0 Å². The van der Waals surface area contributed by atoms with E-state index in [1.165, 1.54) is 12.5 Å². The summed E-state index contributed by atoms with van der Waals surface area (Å²) in [4.78, 5) is 23.4. The van der Waals surface area contributed by atoms with Crippen molar-refractivity contribution in [3.05, 3.63) is 40.8 Å². The monoisotopic (exact) mass is 315 g/mol. The molecule has 0 spiro atoms. The summed E-state index contributed by atoms with van der Waals surface area (Å²) in [5.41, 5.74) is 3.70. The van der Waals surface area contributed by atoms with Crippen molar-refractivity contribution in [3.63, 3.8) is 0 Å². The number of carbonyl (C=O) groups is 1. The highest BCUT2D eigenvalue weighted by atomic mass is 16.4. The van der Waals surface area contributed by atoms with Crippen molar-refractivity contribution < 1.29 is 9.21 Å². The first-order valence-electron chi connectivity index (χ1n) is 7.93. The summed E-state index contributed by atoms with van der Waals surface area (Å²) in [7, 11) is 0. The van der Waals surface area contributed by atoms with Gasteiger partial charge >= 0.3 is 11.7 Å². The number of fused-ring (bicyclic) bond motifs is 1. The molecular formula is C17H21N3O3. The minimum absolute atomic E-state index is 0.262. The molecule has 2 heterocycles. The van der Waals surface area contributed by atoms with Gasteiger partial charge in [-0.1, -0.05) is 6.42 Å². The summed E-state index contributed by atoms with van der Waals surface area (Å²) in [5.74, 6) is 0. The molecule has 6 heteroatoms. The van der Waals surface area contributed by atoms with Crippen molar-refractivity contribution in [3.8, 4) is 0 Å². The second-order valence-corrected chi connectivity index (χ2v) is 6.11. The fourth-order valence-corrected chi connectivity index (χ4v) is 3.07. The number of amides is 2. The van der Waals surface area contributed by atoms with E-state index in [-0.39, 0.29) is 11.7 Å². The molecule has 0 unspecified atom stereocenters. The van der Waals surface area contributed by atoms with Crippen LogP contribution in [0.1, 0.15) is 33.1 Å². The summed E-state index contributed by atoms with van der Waals surface area (Å²) >= 11 is 0. The molecule has 2 aromatic rings. The van der Waals surface area contributed by atoms with Gasteiger partial charge in [0.15, 0.2) is 0 Å². The standard InChI is InChI=1S/C17H21N3O3/c1-11-4-3-5-12(2)20(11)19-17(22)18-14-7-8-15-13(10-14)6-9-16(21)23-15/h6-12H,3-5H2,1-2H3,(H2,18,19,22)/t11-,12-/m0/s1. The van der Waals surface area contributed by atoms with Crippen LogP contribution in [0.2, 0.25) is 0 Å². The molecule has 0 radical (unpaired) electrons. The van der Waals surface area contributed by atoms with Crippen molar-refractivity contribution >= 4 is 22.7 Å². The molecule has 1 aliphatic rings. The van der Waals surface area contributed by atoms with Crippen LogP contribution < -0.4 is 16.4 Å². The fourth-order valence-electron chi connectivity index (χ4n) is 3.07. The van der Waals surface area contributed by atoms with Gasteiger partial charge < -0.3 is 9.73 Å². The number of carbonyl (C=O) groups excluding carboxylic acids is 1. The van der Waals surface area contributed by atoms with Gasteiger partial charge in [0, 0.05) is 29.2 Å². The lowest BCUT2D eigenvalue weighted by atomic mass is 10.00. The maximum absolute atomic E-state index is 12.2. The molecule has 6 nitrogen and oxygen atoms in total. The Morgan fingerprint density at radius 3 is 2.65 bits per heavy atom. The third-order valence-electron chi connectivity index (χ3n) is 4.30. The van der Waals surface area contributed by atoms with Crippen LogP contribution in [0, 0.1) is 0 Å². The highest BCUT2D eigenvalue weighted by Gasteiger charge is 2.26. The van der Waals surface area contributed by atoms with Crippen molar-refractivity contribution in [1.82, 2.24) is 10.4 Å². The van der Waals surface area contributed by atoms with Crippen LogP contribution in [-0.2, 0) is 0 Å². The third-order valence-corrected chi connectivity index (χ3v) is 4.30. The number of hydrogen-bond donors (Lipinski definition) is 2. The summed E-state index contributed by atoms with van der Waals surface area (Å²) in [6, 6.07) is 8.61. The topological polar surface area (TPSA) is 74.6 Å². The predicted molar refractivity (Wildman–Crippen MR) is 89.3 cm³/mol. The number of nitrogens with one attached hydrogen (secondary N) is 2. The van der Waals surface area contributed by atoms with Gasteiger partial charge in [-0.15, -0.1) is 0 Å². The predicted octanol–water partition coefficient (Wildman–Crippen LogP) is 3.09. The van der Waals surface area contributed by atoms with Crippen molar-refractivity contribution in [2.75, 3.05) is 5.32 Å². The van der Waals surface area contributed by atoms with E-state index >= 15 is 0 Å². The van der Waals surface area contributed by atoms with Crippen LogP contribution in [0.25, 0.3) is 11.0 Å². The van der Waals surface area contributed by atoms with E-state index < -0.39 is 0 Å². The Hall–Kier alpha value is -2.34. The van der Waals surface area contributed by atoms with Crippen molar-refractivity contribution in [2.45, 2.75) is 45.2 Å². The molecule has 1 fully saturated rings. The van der Waals surface area contributed by atoms with E-state index in [9.17, 15) is 9.59 Å². The van der Waals surface area contributed by atoms with E-state index in [4.69, 9.17) is 4.42 Å². The molecule has 23 heavy (non-hydrogen) atoms. The molecule has 0 bridgehead atoms. The Balaban J connectivity index is 1.70. The lowest BCUT2D eigenvalue weighted by Gasteiger charge is -2.38. The van der Waals surface area contributed by atoms with E-state index in [2.05, 4.69) is 24.6 Å². The molecule has 2 amide bonds. The van der Waals surface area contributed by atoms with Crippen molar-refractivity contribution in [1.29, 1.82) is 0 Å². The SMILES string of the molecule is C[C@H]1CCC[C@H](C)N1NC(=O)Nc1ccc2oc(=O)ccc2c1. The minimum atomic E-state index is -0.385. The van der Waals surface area contributed by atoms with Crippen LogP contribution in [-0.4, -0.2) is 23.1 Å². The Morgan fingerprint density at radius 2 is 1.91 bits per heavy atom. The third kappa shape index (κ3) is 3.53. The summed E-state index contributed by atoms with van der Waals surface area (Å²) < 4.78 is 5.08. The molecule has 122 valence electrons. The highest BCUT2D eigenvalue weighted by Crippen LogP contribution is 2.21. The van der Waals surface area contributed by atoms with Gasteiger partial charge in [-0.2, -0.15) is 0 Å². The second kappa shape index (κ2) is 6.42. The molecule has 3 rings (SSSR count). The average molecular weight is 315 g/mol. The lowest BCUT2D eigenvalue weighted by Crippen LogP contribution is -2.55. The average Bonchev–Trinajstić information content (AvgIpc) is 2.51. The smallest absolute Gasteiger partial charge is 0.336 e. The molecule has 2 atom stereocenters. The zero-order chi connectivity index (χ0) is 16.4. The summed E-state index contributed by atoms with van der Waals surface area (Å²) in [6.45, 7) is 4.24. The number of hydrazine groups is 1. The zero-order valence-electron chi connectivity index (χ0n) is 13.3. The molecule has 2 N–H and O–H groups in total. The first kappa shape index (κ1) is 15.6. The number of piperidine rings is 1. The quantitative estimate of drug-likeness (QED) is 0.835. The molecule has 1 aromatic carbocycles. The molecule has 1 saturated heterocycles. The van der Waals surface area contributed by atoms with Gasteiger partial charge in [-0.05, 0) is 51.0 Å². The van der Waals surface area contributed by atoms with Crippen LogP contribution in [0.3, 0.4) is 0 Å². The van der Waals surface area contributed by atoms with Crippen LogP contribution in [0.5, 0.6) is 0 Å². The second-order valence-electron chi connectivity index (χ2n) is 6.11. The molecule has 0 saturated carbocycles. The molecule has 0 aliphatic carbocycles. The maximum Gasteiger partial charge on any atom is 0.336 e. The Bertz CT molecular complexity index is 761. The zero-order valence-corrected chi connectivity index (χ0v) is 13.3. The first-order valence-corrected chi connectivity index (χ1v) is 7.93. The normalized spacial score (nSPS) is 22.0. The van der Waals surface area contributed by atoms with Crippen LogP contribution in [0.15, 0.2) is 39.5 Å². The van der Waals surface area contributed by atoms with Gasteiger partial charge in [0.05, 0.1) is 0 Å². The van der Waals surface area contributed by atoms with Gasteiger partial charge in [-0.25, -0.2) is 14.6 Å². The number of benzene rings is 1. The minimum Gasteiger partial charge on any atom is -0.423 e. The molecule has 1 aromatic heterocycles. The Morgan fingerprint density at radius 1 is 1.17 bits per heavy atom. The first-order chi connectivity index (χ1) is 11.0. The lowest BCUT2D eigenvalue weighted by molar-refractivity contribution is 0.0625. The molecular weight excluding hydrogens is 294 g/mol. The molecule has 1 aliphatic heterocycles. The number of rotatable bonds is 2. The van der Waals surface area contributed by atoms with Crippen LogP contribution in [0.4, 0.5) is 10.5 Å². The Labute approximate surface area is 134 Å². The Kier molecular flexibility index (Phi) is 4.34. The van der Waals surface area contributed by atoms with Gasteiger partial charge in [0.25, 0.3) is 0 Å². The van der Waals surface area contributed by atoms with E-state index in [1.54, 1.807) is 24.3 Å². The van der Waals surface area contributed by atoms with Gasteiger partial charge in [0.2, 0.25) is 0 Å². The van der Waals surface area contributed by atoms with Crippen molar-refractivity contribution in [2.24, 2.45) is 0 Å². The highest BCUT2D eigenvalue weighted by molar-refractivity contribution is 5.91. The van der Waals surface area contributed by atoms with Gasteiger partial charge in [0.1, 0.15) is 5.58 Å². The number of urea groups is 1. The van der Waals surface area contributed by atoms with E-state index in [0.717, 1.165) is 18.2 Å².